The number of morpholine rings is 1. The molecule has 1 aromatic rings. The Balaban J connectivity index is 2.14. The van der Waals surface area contributed by atoms with E-state index in [9.17, 15) is 14.9 Å². The van der Waals surface area contributed by atoms with E-state index in [4.69, 9.17) is 17.0 Å². The normalized spacial score (nSPS) is 18.4. The molecule has 31 heavy (non-hydrogen) atoms. The van der Waals surface area contributed by atoms with Gasteiger partial charge in [-0.25, -0.2) is 0 Å². The van der Waals surface area contributed by atoms with Crippen molar-refractivity contribution in [3.8, 4) is 6.07 Å². The van der Waals surface area contributed by atoms with Crippen molar-refractivity contribution in [2.75, 3.05) is 37.7 Å². The molecule has 0 aromatic carbocycles. The van der Waals surface area contributed by atoms with Gasteiger partial charge in [0.2, 0.25) is 0 Å². The maximum absolute atomic E-state index is 13.1. The van der Waals surface area contributed by atoms with Gasteiger partial charge in [-0.05, 0) is 37.8 Å². The van der Waals surface area contributed by atoms with E-state index in [1.807, 2.05) is 6.92 Å². The molecule has 0 spiro atoms. The monoisotopic (exact) mass is 460 g/mol. The van der Waals surface area contributed by atoms with Gasteiger partial charge in [0.1, 0.15) is 21.8 Å². The first kappa shape index (κ1) is 23.5. The standard InChI is InChI=1S/C22H28N4O3S2/c1-5-25-19(24-8-10-29-11-9-24)16(15(4)17(13-23)20(25)27)12-18-21(28)26(22(30)31-18)7-6-14(2)3/h12,14H,5-11H2,1-4H3/b18-12-. The molecule has 2 saturated heterocycles. The number of carbonyl (C=O) groups excluding carboxylic acids is 1. The highest BCUT2D eigenvalue weighted by Gasteiger charge is 2.33. The Morgan fingerprint density at radius 3 is 2.55 bits per heavy atom. The third-order valence-corrected chi connectivity index (χ3v) is 6.93. The van der Waals surface area contributed by atoms with Crippen molar-refractivity contribution in [1.82, 2.24) is 9.47 Å². The summed E-state index contributed by atoms with van der Waals surface area (Å²) in [5.74, 6) is 1.09. The van der Waals surface area contributed by atoms with Gasteiger partial charge >= 0.3 is 0 Å². The zero-order chi connectivity index (χ0) is 22.7. The van der Waals surface area contributed by atoms with E-state index >= 15 is 0 Å². The number of hydrogen-bond donors (Lipinski definition) is 0. The fourth-order valence-electron chi connectivity index (χ4n) is 3.76. The number of nitriles is 1. The molecule has 1 amide bonds. The van der Waals surface area contributed by atoms with Crippen LogP contribution in [-0.4, -0.2) is 52.5 Å². The first-order chi connectivity index (χ1) is 14.8. The lowest BCUT2D eigenvalue weighted by Gasteiger charge is -2.33. The molecule has 166 valence electrons. The summed E-state index contributed by atoms with van der Waals surface area (Å²) >= 11 is 6.74. The molecule has 0 radical (unpaired) electrons. The van der Waals surface area contributed by atoms with Crippen LogP contribution in [0, 0.1) is 24.2 Å². The van der Waals surface area contributed by atoms with Gasteiger partial charge in [0.15, 0.2) is 0 Å². The number of pyridine rings is 1. The molecule has 0 saturated carbocycles. The number of rotatable bonds is 6. The number of hydrogen-bond acceptors (Lipinski definition) is 7. The fraction of sp³-hybridized carbons (Fsp3) is 0.545. The van der Waals surface area contributed by atoms with E-state index in [-0.39, 0.29) is 17.0 Å². The Morgan fingerprint density at radius 1 is 1.29 bits per heavy atom. The highest BCUT2D eigenvalue weighted by atomic mass is 32.2. The number of nitrogens with zero attached hydrogens (tertiary/aromatic N) is 4. The second-order valence-electron chi connectivity index (χ2n) is 8.01. The van der Waals surface area contributed by atoms with E-state index in [0.29, 0.717) is 60.1 Å². The quantitative estimate of drug-likeness (QED) is 0.477. The minimum Gasteiger partial charge on any atom is -0.378 e. The van der Waals surface area contributed by atoms with Crippen molar-refractivity contribution >= 4 is 46.1 Å². The summed E-state index contributed by atoms with van der Waals surface area (Å²) in [6.07, 6.45) is 2.68. The largest absolute Gasteiger partial charge is 0.378 e. The maximum Gasteiger partial charge on any atom is 0.270 e. The van der Waals surface area contributed by atoms with Crippen LogP contribution < -0.4 is 10.5 Å². The van der Waals surface area contributed by atoms with Crippen LogP contribution in [0.15, 0.2) is 9.70 Å². The lowest BCUT2D eigenvalue weighted by Crippen LogP contribution is -2.41. The Kier molecular flexibility index (Phi) is 7.57. The summed E-state index contributed by atoms with van der Waals surface area (Å²) in [6.45, 7) is 11.3. The molecular weight excluding hydrogens is 432 g/mol. The zero-order valence-electron chi connectivity index (χ0n) is 18.4. The minimum absolute atomic E-state index is 0.111. The predicted octanol–water partition coefficient (Wildman–Crippen LogP) is 3.13. The summed E-state index contributed by atoms with van der Waals surface area (Å²) in [5, 5.41) is 9.65. The number of aromatic nitrogens is 1. The number of anilines is 1. The van der Waals surface area contributed by atoms with Gasteiger partial charge in [0, 0.05) is 31.7 Å². The Hall–Kier alpha value is -2.15. The summed E-state index contributed by atoms with van der Waals surface area (Å²) in [4.78, 5) is 30.4. The summed E-state index contributed by atoms with van der Waals surface area (Å²) in [7, 11) is 0. The average Bonchev–Trinajstić information content (AvgIpc) is 3.01. The van der Waals surface area contributed by atoms with Crippen LogP contribution in [0.5, 0.6) is 0 Å². The van der Waals surface area contributed by atoms with Crippen molar-refractivity contribution in [3.05, 3.63) is 31.9 Å². The molecule has 3 rings (SSSR count). The van der Waals surface area contributed by atoms with E-state index in [2.05, 4.69) is 24.8 Å². The minimum atomic E-state index is -0.300. The second kappa shape index (κ2) is 9.98. The van der Waals surface area contributed by atoms with Gasteiger partial charge in [-0.3, -0.25) is 19.1 Å². The van der Waals surface area contributed by atoms with Gasteiger partial charge in [0.25, 0.3) is 11.5 Å². The van der Waals surface area contributed by atoms with Crippen molar-refractivity contribution in [3.63, 3.8) is 0 Å². The SMILES string of the molecule is CCn1c(N2CCOCC2)c(/C=C2\SC(=S)N(CCC(C)C)C2=O)c(C)c(C#N)c1=O. The molecule has 0 bridgehead atoms. The molecule has 0 aliphatic carbocycles. The van der Waals surface area contributed by atoms with Crippen LogP contribution in [0.25, 0.3) is 6.08 Å². The van der Waals surface area contributed by atoms with Crippen molar-refractivity contribution < 1.29 is 9.53 Å². The van der Waals surface area contributed by atoms with E-state index in [1.165, 1.54) is 11.8 Å². The van der Waals surface area contributed by atoms with Gasteiger partial charge in [-0.2, -0.15) is 5.26 Å². The molecule has 2 fully saturated rings. The van der Waals surface area contributed by atoms with Gasteiger partial charge in [0.05, 0.1) is 18.1 Å². The van der Waals surface area contributed by atoms with E-state index in [1.54, 1.807) is 22.5 Å². The molecule has 3 heterocycles. The third-order valence-electron chi connectivity index (χ3n) is 5.55. The van der Waals surface area contributed by atoms with E-state index in [0.717, 1.165) is 17.8 Å². The van der Waals surface area contributed by atoms with Crippen LogP contribution >= 0.6 is 24.0 Å². The van der Waals surface area contributed by atoms with Crippen molar-refractivity contribution in [2.24, 2.45) is 5.92 Å². The number of thiocarbonyl (C=S) groups is 1. The molecule has 0 unspecified atom stereocenters. The lowest BCUT2D eigenvalue weighted by molar-refractivity contribution is -0.122. The second-order valence-corrected chi connectivity index (χ2v) is 9.69. The Bertz CT molecular complexity index is 1020. The zero-order valence-corrected chi connectivity index (χ0v) is 20.1. The molecule has 7 nitrogen and oxygen atoms in total. The van der Waals surface area contributed by atoms with Crippen molar-refractivity contribution in [1.29, 1.82) is 5.26 Å². The first-order valence-corrected chi connectivity index (χ1v) is 11.8. The number of ether oxygens (including phenoxy) is 1. The smallest absolute Gasteiger partial charge is 0.270 e. The highest BCUT2D eigenvalue weighted by molar-refractivity contribution is 8.26. The average molecular weight is 461 g/mol. The summed E-state index contributed by atoms with van der Waals surface area (Å²) in [5.41, 5.74) is 1.13. The number of amides is 1. The van der Waals surface area contributed by atoms with Crippen LogP contribution in [-0.2, 0) is 16.1 Å². The van der Waals surface area contributed by atoms with Crippen LogP contribution in [0.4, 0.5) is 5.82 Å². The Morgan fingerprint density at radius 2 is 1.97 bits per heavy atom. The number of thioether (sulfide) groups is 1. The van der Waals surface area contributed by atoms with Crippen LogP contribution in [0.1, 0.15) is 43.9 Å². The lowest BCUT2D eigenvalue weighted by atomic mass is 10.0. The molecule has 2 aliphatic heterocycles. The van der Waals surface area contributed by atoms with Gasteiger partial charge in [-0.15, -0.1) is 0 Å². The molecule has 9 heteroatoms. The molecule has 2 aliphatic rings. The van der Waals surface area contributed by atoms with Crippen molar-refractivity contribution in [2.45, 2.75) is 40.7 Å². The predicted molar refractivity (Wildman–Crippen MR) is 128 cm³/mol. The van der Waals surface area contributed by atoms with Gasteiger partial charge < -0.3 is 9.64 Å². The highest BCUT2D eigenvalue weighted by Crippen LogP contribution is 2.36. The number of carbonyl (C=O) groups is 1. The molecule has 0 atom stereocenters. The summed E-state index contributed by atoms with van der Waals surface area (Å²) < 4.78 is 7.66. The molecule has 1 aromatic heterocycles. The maximum atomic E-state index is 13.1. The van der Waals surface area contributed by atoms with Gasteiger partial charge in [-0.1, -0.05) is 37.8 Å². The van der Waals surface area contributed by atoms with Crippen LogP contribution in [0.2, 0.25) is 0 Å². The third kappa shape index (κ3) is 4.71. The van der Waals surface area contributed by atoms with E-state index < -0.39 is 0 Å². The molecule has 0 N–H and O–H groups in total. The fourth-order valence-corrected chi connectivity index (χ4v) is 5.05. The first-order valence-electron chi connectivity index (χ1n) is 10.6. The molecular formula is C22H28N4O3S2. The summed E-state index contributed by atoms with van der Waals surface area (Å²) in [6, 6.07) is 2.06. The Labute approximate surface area is 192 Å². The topological polar surface area (TPSA) is 78.6 Å². The van der Waals surface area contributed by atoms with Crippen LogP contribution in [0.3, 0.4) is 0 Å².